The number of nitrogens with one attached hydrogen (secondary N) is 2. The zero-order valence-corrected chi connectivity index (χ0v) is 9.82. The van der Waals surface area contributed by atoms with Gasteiger partial charge in [-0.25, -0.2) is 0 Å². The van der Waals surface area contributed by atoms with Crippen molar-refractivity contribution in [2.24, 2.45) is 0 Å². The number of hydrogen-bond donors (Lipinski definition) is 2. The molecule has 1 heterocycles. The molecule has 4 heteroatoms. The molecule has 0 radical (unpaired) electrons. The van der Waals surface area contributed by atoms with Crippen molar-refractivity contribution in [3.8, 4) is 0 Å². The fourth-order valence-electron chi connectivity index (χ4n) is 1.53. The molecule has 0 aromatic heterocycles. The highest BCUT2D eigenvalue weighted by molar-refractivity contribution is 7.99. The van der Waals surface area contributed by atoms with Gasteiger partial charge in [-0.05, 0) is 25.6 Å². The molecule has 0 spiro atoms. The Morgan fingerprint density at radius 1 is 1.64 bits per heavy atom. The molecule has 1 amide bonds. The summed E-state index contributed by atoms with van der Waals surface area (Å²) in [6.07, 6.45) is 5.42. The van der Waals surface area contributed by atoms with Crippen molar-refractivity contribution in [3.63, 3.8) is 0 Å². The molecule has 14 heavy (non-hydrogen) atoms. The zero-order chi connectivity index (χ0) is 10.4. The molecule has 1 aliphatic heterocycles. The van der Waals surface area contributed by atoms with Gasteiger partial charge in [-0.3, -0.25) is 4.79 Å². The van der Waals surface area contributed by atoms with E-state index in [2.05, 4.69) is 23.8 Å². The van der Waals surface area contributed by atoms with E-state index in [0.717, 1.165) is 19.5 Å². The fraction of sp³-hybridized carbons (Fsp3) is 0.900. The quantitative estimate of drug-likeness (QED) is 0.736. The molecule has 2 N–H and O–H groups in total. The Balaban J connectivity index is 2.19. The molecule has 1 unspecified atom stereocenters. The average molecular weight is 216 g/mol. The van der Waals surface area contributed by atoms with Crippen LogP contribution in [0.5, 0.6) is 0 Å². The summed E-state index contributed by atoms with van der Waals surface area (Å²) in [7, 11) is 0. The van der Waals surface area contributed by atoms with Crippen molar-refractivity contribution in [1.82, 2.24) is 10.6 Å². The van der Waals surface area contributed by atoms with E-state index in [0.29, 0.717) is 5.25 Å². The number of rotatable bonds is 4. The Kier molecular flexibility index (Phi) is 5.33. The van der Waals surface area contributed by atoms with Gasteiger partial charge in [-0.2, -0.15) is 11.8 Å². The first-order valence-corrected chi connectivity index (χ1v) is 6.56. The Morgan fingerprint density at radius 2 is 2.43 bits per heavy atom. The number of hydrogen-bond acceptors (Lipinski definition) is 3. The van der Waals surface area contributed by atoms with Crippen LogP contribution in [-0.2, 0) is 4.79 Å². The summed E-state index contributed by atoms with van der Waals surface area (Å²) in [6, 6.07) is 0.0535. The maximum absolute atomic E-state index is 11.6. The van der Waals surface area contributed by atoms with Crippen molar-refractivity contribution >= 4 is 17.7 Å². The third kappa shape index (κ3) is 3.88. The number of thioether (sulfide) groups is 1. The largest absolute Gasteiger partial charge is 0.354 e. The van der Waals surface area contributed by atoms with Crippen molar-refractivity contribution < 1.29 is 4.79 Å². The van der Waals surface area contributed by atoms with Crippen molar-refractivity contribution in [2.45, 2.75) is 37.5 Å². The maximum Gasteiger partial charge on any atom is 0.237 e. The summed E-state index contributed by atoms with van der Waals surface area (Å²) in [4.78, 5) is 11.6. The number of carbonyl (C=O) groups is 1. The lowest BCUT2D eigenvalue weighted by Gasteiger charge is -2.23. The van der Waals surface area contributed by atoms with Crippen LogP contribution in [-0.4, -0.2) is 36.5 Å². The molecule has 1 rings (SSSR count). The van der Waals surface area contributed by atoms with Crippen LogP contribution in [0.3, 0.4) is 0 Å². The first kappa shape index (κ1) is 11.9. The van der Waals surface area contributed by atoms with Crippen LogP contribution in [0.1, 0.15) is 26.2 Å². The van der Waals surface area contributed by atoms with Crippen LogP contribution in [0.2, 0.25) is 0 Å². The summed E-state index contributed by atoms with van der Waals surface area (Å²) in [5, 5.41) is 6.72. The van der Waals surface area contributed by atoms with Gasteiger partial charge in [0.2, 0.25) is 5.91 Å². The Labute approximate surface area is 90.4 Å². The summed E-state index contributed by atoms with van der Waals surface area (Å²) in [5.41, 5.74) is 0. The molecule has 1 aliphatic rings. The molecule has 0 aromatic carbocycles. The Morgan fingerprint density at radius 3 is 3.00 bits per heavy atom. The zero-order valence-electron chi connectivity index (χ0n) is 9.01. The SMILES string of the molecule is CSC(C)CNC(=O)[C@H]1CCCCN1. The lowest BCUT2D eigenvalue weighted by Crippen LogP contribution is -2.47. The first-order valence-electron chi connectivity index (χ1n) is 5.28. The molecule has 1 saturated heterocycles. The molecule has 3 nitrogen and oxygen atoms in total. The topological polar surface area (TPSA) is 41.1 Å². The van der Waals surface area contributed by atoms with Gasteiger partial charge in [0.05, 0.1) is 6.04 Å². The number of piperidine rings is 1. The minimum absolute atomic E-state index is 0.0535. The molecule has 1 fully saturated rings. The second-order valence-corrected chi connectivity index (χ2v) is 5.07. The predicted molar refractivity (Wildman–Crippen MR) is 61.6 cm³/mol. The Hall–Kier alpha value is -0.220. The summed E-state index contributed by atoms with van der Waals surface area (Å²) < 4.78 is 0. The Bertz CT molecular complexity index is 181. The van der Waals surface area contributed by atoms with Gasteiger partial charge in [0.1, 0.15) is 0 Å². The van der Waals surface area contributed by atoms with Gasteiger partial charge in [-0.15, -0.1) is 0 Å². The van der Waals surface area contributed by atoms with E-state index in [1.807, 2.05) is 0 Å². The van der Waals surface area contributed by atoms with E-state index in [-0.39, 0.29) is 11.9 Å². The highest BCUT2D eigenvalue weighted by atomic mass is 32.2. The summed E-state index contributed by atoms with van der Waals surface area (Å²) >= 11 is 1.78. The van der Waals surface area contributed by atoms with E-state index in [1.54, 1.807) is 11.8 Å². The molecule has 82 valence electrons. The third-order valence-electron chi connectivity index (χ3n) is 2.59. The first-order chi connectivity index (χ1) is 6.74. The number of amides is 1. The van der Waals surface area contributed by atoms with Crippen LogP contribution >= 0.6 is 11.8 Å². The van der Waals surface area contributed by atoms with E-state index >= 15 is 0 Å². The third-order valence-corrected chi connectivity index (χ3v) is 3.56. The van der Waals surface area contributed by atoms with E-state index in [9.17, 15) is 4.79 Å². The van der Waals surface area contributed by atoms with Crippen LogP contribution in [0.4, 0.5) is 0 Å². The average Bonchev–Trinajstić information content (AvgIpc) is 2.26. The van der Waals surface area contributed by atoms with Crippen LogP contribution in [0, 0.1) is 0 Å². The predicted octanol–water partition coefficient (Wildman–Crippen LogP) is 0.996. The van der Waals surface area contributed by atoms with Crippen LogP contribution in [0.25, 0.3) is 0 Å². The highest BCUT2D eigenvalue weighted by Gasteiger charge is 2.20. The molecule has 0 aliphatic carbocycles. The van der Waals surface area contributed by atoms with E-state index in [4.69, 9.17) is 0 Å². The van der Waals surface area contributed by atoms with Gasteiger partial charge in [0, 0.05) is 11.8 Å². The lowest BCUT2D eigenvalue weighted by molar-refractivity contribution is -0.123. The second kappa shape index (κ2) is 6.30. The maximum atomic E-state index is 11.6. The van der Waals surface area contributed by atoms with Gasteiger partial charge >= 0.3 is 0 Å². The van der Waals surface area contributed by atoms with Gasteiger partial charge in [0.15, 0.2) is 0 Å². The number of carbonyl (C=O) groups excluding carboxylic acids is 1. The molecule has 2 atom stereocenters. The fourth-order valence-corrected chi connectivity index (χ4v) is 1.78. The van der Waals surface area contributed by atoms with Gasteiger partial charge < -0.3 is 10.6 Å². The normalized spacial score (nSPS) is 24.3. The summed E-state index contributed by atoms with van der Waals surface area (Å²) in [6.45, 7) is 3.88. The van der Waals surface area contributed by atoms with Gasteiger partial charge in [-0.1, -0.05) is 13.3 Å². The van der Waals surface area contributed by atoms with E-state index in [1.165, 1.54) is 12.8 Å². The smallest absolute Gasteiger partial charge is 0.237 e. The molecular formula is C10H20N2OS. The standard InChI is InChI=1S/C10H20N2OS/c1-8(14-2)7-12-10(13)9-5-3-4-6-11-9/h8-9,11H,3-7H2,1-2H3,(H,12,13)/t8?,9-/m1/s1. The van der Waals surface area contributed by atoms with Crippen molar-refractivity contribution in [1.29, 1.82) is 0 Å². The van der Waals surface area contributed by atoms with Crippen molar-refractivity contribution in [3.05, 3.63) is 0 Å². The van der Waals surface area contributed by atoms with Crippen LogP contribution < -0.4 is 10.6 Å². The molecule has 0 aromatic rings. The lowest BCUT2D eigenvalue weighted by atomic mass is 10.0. The molecule has 0 bridgehead atoms. The van der Waals surface area contributed by atoms with Crippen molar-refractivity contribution in [2.75, 3.05) is 19.3 Å². The minimum atomic E-state index is 0.0535. The van der Waals surface area contributed by atoms with Gasteiger partial charge in [0.25, 0.3) is 0 Å². The monoisotopic (exact) mass is 216 g/mol. The molecular weight excluding hydrogens is 196 g/mol. The highest BCUT2D eigenvalue weighted by Crippen LogP contribution is 2.07. The summed E-state index contributed by atoms with van der Waals surface area (Å²) in [5.74, 6) is 0.172. The van der Waals surface area contributed by atoms with E-state index < -0.39 is 0 Å². The minimum Gasteiger partial charge on any atom is -0.354 e. The van der Waals surface area contributed by atoms with Crippen LogP contribution in [0.15, 0.2) is 0 Å². The second-order valence-electron chi connectivity index (χ2n) is 3.79. The molecule has 0 saturated carbocycles.